The zero-order valence-electron chi connectivity index (χ0n) is 24.2. The standard InChI is InChI=1S/C41H25N3O/c1-2-10-28(11-3-1)39-42-40(32-16-6-15-30(24-32)31-20-19-26-9-4-5-12-29(26)23-31)44-41(43-39)33-21-22-36-35(25-33)34-17-7-13-27-14-8-18-37(45-36)38(27)34/h1-25H. The van der Waals surface area contributed by atoms with E-state index in [1.54, 1.807) is 0 Å². The molecule has 7 aromatic carbocycles. The van der Waals surface area contributed by atoms with Crippen molar-refractivity contribution in [2.45, 2.75) is 0 Å². The lowest BCUT2D eigenvalue weighted by molar-refractivity contribution is 0.487. The molecule has 0 bridgehead atoms. The van der Waals surface area contributed by atoms with Crippen LogP contribution in [0, 0.1) is 0 Å². The van der Waals surface area contributed by atoms with Gasteiger partial charge in [-0.05, 0) is 69.2 Å². The highest BCUT2D eigenvalue weighted by atomic mass is 16.5. The van der Waals surface area contributed by atoms with Gasteiger partial charge in [-0.2, -0.15) is 0 Å². The summed E-state index contributed by atoms with van der Waals surface area (Å²) in [5.74, 6) is 3.58. The molecule has 8 aromatic rings. The van der Waals surface area contributed by atoms with Crippen LogP contribution in [0.4, 0.5) is 0 Å². The van der Waals surface area contributed by atoms with Crippen molar-refractivity contribution in [3.05, 3.63) is 152 Å². The van der Waals surface area contributed by atoms with Gasteiger partial charge >= 0.3 is 0 Å². The van der Waals surface area contributed by atoms with E-state index in [4.69, 9.17) is 19.7 Å². The summed E-state index contributed by atoms with van der Waals surface area (Å²) < 4.78 is 6.36. The molecule has 1 aromatic heterocycles. The fourth-order valence-corrected chi connectivity index (χ4v) is 6.26. The van der Waals surface area contributed by atoms with Crippen molar-refractivity contribution in [1.29, 1.82) is 0 Å². The third-order valence-corrected chi connectivity index (χ3v) is 8.49. The number of fused-ring (bicyclic) bond motifs is 3. The van der Waals surface area contributed by atoms with E-state index in [9.17, 15) is 0 Å². The van der Waals surface area contributed by atoms with Crippen molar-refractivity contribution in [2.75, 3.05) is 0 Å². The summed E-state index contributed by atoms with van der Waals surface area (Å²) in [5.41, 5.74) is 7.20. The first-order valence-electron chi connectivity index (χ1n) is 15.0. The van der Waals surface area contributed by atoms with Crippen LogP contribution in [-0.4, -0.2) is 15.0 Å². The first kappa shape index (κ1) is 25.4. The monoisotopic (exact) mass is 575 g/mol. The summed E-state index contributed by atoms with van der Waals surface area (Å²) in [6, 6.07) is 52.3. The van der Waals surface area contributed by atoms with Gasteiger partial charge in [-0.15, -0.1) is 0 Å². The summed E-state index contributed by atoms with van der Waals surface area (Å²) >= 11 is 0. The lowest BCUT2D eigenvalue weighted by Crippen LogP contribution is -2.01. The van der Waals surface area contributed by atoms with Crippen molar-refractivity contribution >= 4 is 21.5 Å². The highest BCUT2D eigenvalue weighted by Gasteiger charge is 2.21. The predicted octanol–water partition coefficient (Wildman–Crippen LogP) is 10.6. The van der Waals surface area contributed by atoms with Crippen LogP contribution in [0.2, 0.25) is 0 Å². The number of benzene rings is 7. The highest BCUT2D eigenvalue weighted by Crippen LogP contribution is 2.47. The molecule has 0 radical (unpaired) electrons. The lowest BCUT2D eigenvalue weighted by Gasteiger charge is -2.21. The summed E-state index contributed by atoms with van der Waals surface area (Å²) in [4.78, 5) is 15.0. The number of rotatable bonds is 4. The fourth-order valence-electron chi connectivity index (χ4n) is 6.26. The lowest BCUT2D eigenvalue weighted by atomic mass is 9.93. The molecule has 4 nitrogen and oxygen atoms in total. The normalized spacial score (nSPS) is 11.7. The molecular formula is C41H25N3O. The highest BCUT2D eigenvalue weighted by molar-refractivity contribution is 6.04. The summed E-state index contributed by atoms with van der Waals surface area (Å²) in [6.45, 7) is 0. The zero-order chi connectivity index (χ0) is 29.7. The van der Waals surface area contributed by atoms with Gasteiger partial charge in [-0.25, -0.2) is 15.0 Å². The Kier molecular flexibility index (Phi) is 5.78. The van der Waals surface area contributed by atoms with E-state index in [-0.39, 0.29) is 0 Å². The van der Waals surface area contributed by atoms with E-state index in [0.29, 0.717) is 17.5 Å². The van der Waals surface area contributed by atoms with Crippen LogP contribution in [0.3, 0.4) is 0 Å². The van der Waals surface area contributed by atoms with Crippen LogP contribution in [0.1, 0.15) is 0 Å². The minimum absolute atomic E-state index is 0.615. The molecule has 1 aliphatic heterocycles. The minimum atomic E-state index is 0.615. The number of hydrogen-bond donors (Lipinski definition) is 0. The average molecular weight is 576 g/mol. The van der Waals surface area contributed by atoms with Crippen LogP contribution < -0.4 is 4.74 Å². The molecule has 0 saturated heterocycles. The van der Waals surface area contributed by atoms with Gasteiger partial charge in [0.1, 0.15) is 11.5 Å². The second kappa shape index (κ2) is 10.2. The molecule has 0 atom stereocenters. The molecule has 45 heavy (non-hydrogen) atoms. The molecule has 4 heteroatoms. The largest absolute Gasteiger partial charge is 0.456 e. The third-order valence-electron chi connectivity index (χ3n) is 8.49. The second-order valence-corrected chi connectivity index (χ2v) is 11.3. The Bertz CT molecular complexity index is 2410. The maximum atomic E-state index is 6.36. The number of hydrogen-bond acceptors (Lipinski definition) is 4. The first-order chi connectivity index (χ1) is 22.3. The van der Waals surface area contributed by atoms with Crippen LogP contribution in [-0.2, 0) is 0 Å². The van der Waals surface area contributed by atoms with Crippen molar-refractivity contribution in [2.24, 2.45) is 0 Å². The molecule has 0 unspecified atom stereocenters. The molecule has 0 fully saturated rings. The summed E-state index contributed by atoms with van der Waals surface area (Å²) in [6.07, 6.45) is 0. The fraction of sp³-hybridized carbons (Fsp3) is 0. The Morgan fingerprint density at radius 3 is 1.78 bits per heavy atom. The molecule has 210 valence electrons. The predicted molar refractivity (Wildman–Crippen MR) is 182 cm³/mol. The topological polar surface area (TPSA) is 47.9 Å². The smallest absolute Gasteiger partial charge is 0.164 e. The van der Waals surface area contributed by atoms with Gasteiger partial charge in [-0.3, -0.25) is 0 Å². The number of nitrogens with zero attached hydrogens (tertiary/aromatic N) is 3. The molecule has 0 spiro atoms. The third kappa shape index (κ3) is 4.43. The van der Waals surface area contributed by atoms with Crippen LogP contribution >= 0.6 is 0 Å². The number of ether oxygens (including phenoxy) is 1. The maximum Gasteiger partial charge on any atom is 0.164 e. The Morgan fingerprint density at radius 2 is 0.933 bits per heavy atom. The van der Waals surface area contributed by atoms with Gasteiger partial charge in [0.2, 0.25) is 0 Å². The van der Waals surface area contributed by atoms with Crippen molar-refractivity contribution < 1.29 is 4.74 Å². The van der Waals surface area contributed by atoms with E-state index in [0.717, 1.165) is 61.2 Å². The van der Waals surface area contributed by atoms with Crippen molar-refractivity contribution in [3.63, 3.8) is 0 Å². The van der Waals surface area contributed by atoms with Gasteiger partial charge in [0.25, 0.3) is 0 Å². The second-order valence-electron chi connectivity index (χ2n) is 11.3. The molecular weight excluding hydrogens is 550 g/mol. The van der Waals surface area contributed by atoms with E-state index in [1.807, 2.05) is 54.6 Å². The van der Waals surface area contributed by atoms with Crippen molar-refractivity contribution in [1.82, 2.24) is 15.0 Å². The van der Waals surface area contributed by atoms with E-state index < -0.39 is 0 Å². The van der Waals surface area contributed by atoms with Crippen molar-refractivity contribution in [3.8, 4) is 67.9 Å². The van der Waals surface area contributed by atoms with Gasteiger partial charge in [-0.1, -0.05) is 115 Å². The molecule has 0 aliphatic carbocycles. The molecule has 0 N–H and O–H groups in total. The van der Waals surface area contributed by atoms with E-state index in [1.165, 1.54) is 10.8 Å². The van der Waals surface area contributed by atoms with Gasteiger partial charge in [0.15, 0.2) is 17.5 Å². The van der Waals surface area contributed by atoms with Crippen LogP contribution in [0.15, 0.2) is 152 Å². The maximum absolute atomic E-state index is 6.36. The quantitative estimate of drug-likeness (QED) is 0.209. The Labute approximate surface area is 260 Å². The molecule has 1 aliphatic rings. The molecule has 2 heterocycles. The SMILES string of the molecule is c1ccc(-c2nc(-c3cccc(-c4ccc5ccccc5c4)c3)nc(-c3ccc4c(c3)-c3cccc5cccc(c35)O4)n2)cc1. The van der Waals surface area contributed by atoms with E-state index >= 15 is 0 Å². The van der Waals surface area contributed by atoms with Gasteiger partial charge in [0, 0.05) is 27.6 Å². The zero-order valence-corrected chi connectivity index (χ0v) is 24.2. The average Bonchev–Trinajstić information content (AvgIpc) is 3.12. The number of aromatic nitrogens is 3. The minimum Gasteiger partial charge on any atom is -0.456 e. The Balaban J connectivity index is 1.19. The van der Waals surface area contributed by atoms with Crippen LogP contribution in [0.5, 0.6) is 11.5 Å². The Hall–Kier alpha value is -6.13. The van der Waals surface area contributed by atoms with Gasteiger partial charge in [0.05, 0.1) is 0 Å². The van der Waals surface area contributed by atoms with Crippen LogP contribution in [0.25, 0.3) is 78.0 Å². The summed E-state index contributed by atoms with van der Waals surface area (Å²) in [7, 11) is 0. The molecule has 0 amide bonds. The van der Waals surface area contributed by atoms with Gasteiger partial charge < -0.3 is 4.74 Å². The summed E-state index contributed by atoms with van der Waals surface area (Å²) in [5, 5.41) is 4.71. The molecule has 9 rings (SSSR count). The molecule has 0 saturated carbocycles. The van der Waals surface area contributed by atoms with E-state index in [2.05, 4.69) is 97.1 Å². The Morgan fingerprint density at radius 1 is 0.333 bits per heavy atom. The first-order valence-corrected chi connectivity index (χ1v) is 15.0.